The SMILES string of the molecule is CO[C@H]([C@@H](C)SC)C(C)(C)COC(=O)c1cc([N+](=O)[O-])cc([N+](=O)[O-])c1. The zero-order chi connectivity index (χ0) is 20.1. The highest BCUT2D eigenvalue weighted by Crippen LogP contribution is 2.31. The van der Waals surface area contributed by atoms with Gasteiger partial charge in [-0.3, -0.25) is 20.2 Å². The predicted octanol–water partition coefficient (Wildman–Crippen LogP) is 3.45. The van der Waals surface area contributed by atoms with Gasteiger partial charge in [-0.2, -0.15) is 11.8 Å². The molecule has 1 aromatic carbocycles. The Morgan fingerprint density at radius 2 is 1.69 bits per heavy atom. The second kappa shape index (κ2) is 8.95. The number of carbonyl (C=O) groups excluding carboxylic acids is 1. The molecule has 2 atom stereocenters. The van der Waals surface area contributed by atoms with E-state index < -0.39 is 32.6 Å². The van der Waals surface area contributed by atoms with Crippen LogP contribution in [0.3, 0.4) is 0 Å². The Hall–Kier alpha value is -2.20. The molecule has 0 fully saturated rings. The first-order valence-electron chi connectivity index (χ1n) is 7.70. The number of methoxy groups -OCH3 is 1. The second-order valence-electron chi connectivity index (χ2n) is 6.41. The lowest BCUT2D eigenvalue weighted by molar-refractivity contribution is -0.394. The number of hydrogen-bond acceptors (Lipinski definition) is 8. The summed E-state index contributed by atoms with van der Waals surface area (Å²) in [6, 6.07) is 2.71. The molecule has 0 N–H and O–H groups in total. The highest BCUT2D eigenvalue weighted by molar-refractivity contribution is 7.99. The van der Waals surface area contributed by atoms with E-state index in [0.717, 1.165) is 18.2 Å². The minimum atomic E-state index is -0.864. The minimum absolute atomic E-state index is 0.00820. The quantitative estimate of drug-likeness (QED) is 0.359. The Balaban J connectivity index is 3.00. The Bertz CT molecular complexity index is 661. The number of esters is 1. The Morgan fingerprint density at radius 1 is 1.19 bits per heavy atom. The van der Waals surface area contributed by atoms with Crippen LogP contribution >= 0.6 is 11.8 Å². The van der Waals surface area contributed by atoms with Crippen LogP contribution in [0.4, 0.5) is 11.4 Å². The van der Waals surface area contributed by atoms with Crippen molar-refractivity contribution < 1.29 is 24.1 Å². The maximum Gasteiger partial charge on any atom is 0.338 e. The Kier molecular flexibility index (Phi) is 7.52. The van der Waals surface area contributed by atoms with Crippen LogP contribution in [0.25, 0.3) is 0 Å². The zero-order valence-electron chi connectivity index (χ0n) is 15.3. The van der Waals surface area contributed by atoms with Gasteiger partial charge in [-0.1, -0.05) is 20.8 Å². The molecule has 0 saturated heterocycles. The van der Waals surface area contributed by atoms with E-state index in [4.69, 9.17) is 9.47 Å². The molecule has 0 spiro atoms. The molecule has 144 valence electrons. The molecule has 0 aliphatic heterocycles. The van der Waals surface area contributed by atoms with Crippen molar-refractivity contribution in [1.82, 2.24) is 0 Å². The first kappa shape index (κ1) is 21.8. The summed E-state index contributed by atoms with van der Waals surface area (Å²) in [4.78, 5) is 32.5. The van der Waals surface area contributed by atoms with Crippen LogP contribution in [-0.2, 0) is 9.47 Å². The maximum atomic E-state index is 12.3. The molecule has 0 aliphatic carbocycles. The van der Waals surface area contributed by atoms with Crippen molar-refractivity contribution in [2.75, 3.05) is 20.0 Å². The van der Waals surface area contributed by atoms with Gasteiger partial charge in [0.2, 0.25) is 0 Å². The number of hydrogen-bond donors (Lipinski definition) is 0. The number of nitro groups is 2. The van der Waals surface area contributed by atoms with Crippen LogP contribution in [0, 0.1) is 25.6 Å². The molecule has 1 aromatic rings. The smallest absolute Gasteiger partial charge is 0.338 e. The van der Waals surface area contributed by atoms with Gasteiger partial charge in [-0.15, -0.1) is 0 Å². The minimum Gasteiger partial charge on any atom is -0.461 e. The number of nitro benzene ring substituents is 2. The number of benzene rings is 1. The van der Waals surface area contributed by atoms with E-state index in [9.17, 15) is 25.0 Å². The van der Waals surface area contributed by atoms with Gasteiger partial charge in [0.05, 0.1) is 34.2 Å². The van der Waals surface area contributed by atoms with E-state index in [1.165, 1.54) is 0 Å². The van der Waals surface area contributed by atoms with Crippen molar-refractivity contribution in [3.05, 3.63) is 44.0 Å². The fourth-order valence-corrected chi connectivity index (χ4v) is 3.34. The third kappa shape index (κ3) is 5.40. The number of rotatable bonds is 9. The number of carbonyl (C=O) groups is 1. The first-order valence-corrected chi connectivity index (χ1v) is 8.99. The molecular weight excluding hydrogens is 364 g/mol. The highest BCUT2D eigenvalue weighted by atomic mass is 32.2. The molecule has 0 heterocycles. The standard InChI is InChI=1S/C16H22N2O7S/c1-10(26-5)14(24-4)16(2,3)9-25-15(19)11-6-12(17(20)21)8-13(7-11)18(22)23/h6-8,10,14H,9H2,1-5H3/t10-,14-/m1/s1. The molecule has 26 heavy (non-hydrogen) atoms. The van der Waals surface area contributed by atoms with Gasteiger partial charge >= 0.3 is 5.97 Å². The van der Waals surface area contributed by atoms with Gasteiger partial charge in [0.25, 0.3) is 11.4 Å². The van der Waals surface area contributed by atoms with Crippen LogP contribution in [0.5, 0.6) is 0 Å². The second-order valence-corrected chi connectivity index (χ2v) is 7.63. The molecule has 0 saturated carbocycles. The average molecular weight is 386 g/mol. The van der Waals surface area contributed by atoms with Crippen molar-refractivity contribution in [1.29, 1.82) is 0 Å². The molecule has 0 aliphatic rings. The number of non-ortho nitro benzene ring substituents is 2. The average Bonchev–Trinajstić information content (AvgIpc) is 2.59. The monoisotopic (exact) mass is 386 g/mol. The van der Waals surface area contributed by atoms with E-state index in [2.05, 4.69) is 0 Å². The molecule has 0 radical (unpaired) electrons. The lowest BCUT2D eigenvalue weighted by Gasteiger charge is -2.36. The Morgan fingerprint density at radius 3 is 2.08 bits per heavy atom. The van der Waals surface area contributed by atoms with E-state index >= 15 is 0 Å². The topological polar surface area (TPSA) is 122 Å². The molecule has 0 unspecified atom stereocenters. The lowest BCUT2D eigenvalue weighted by atomic mass is 9.85. The number of ether oxygens (including phenoxy) is 2. The fraction of sp³-hybridized carbons (Fsp3) is 0.562. The van der Waals surface area contributed by atoms with E-state index in [1.807, 2.05) is 27.0 Å². The van der Waals surface area contributed by atoms with E-state index in [1.54, 1.807) is 18.9 Å². The molecule has 1 rings (SSSR count). The third-order valence-electron chi connectivity index (χ3n) is 3.96. The zero-order valence-corrected chi connectivity index (χ0v) is 16.1. The van der Waals surface area contributed by atoms with Gasteiger partial charge in [0.15, 0.2) is 0 Å². The summed E-state index contributed by atoms with van der Waals surface area (Å²) >= 11 is 1.61. The molecule has 10 heteroatoms. The molecular formula is C16H22N2O7S. The predicted molar refractivity (Wildman–Crippen MR) is 97.6 cm³/mol. The Labute approximate surface area is 155 Å². The fourth-order valence-electron chi connectivity index (χ4n) is 2.61. The summed E-state index contributed by atoms with van der Waals surface area (Å²) in [5.74, 6) is -0.864. The first-order chi connectivity index (χ1) is 12.0. The van der Waals surface area contributed by atoms with Gasteiger partial charge in [0, 0.05) is 29.9 Å². The van der Waals surface area contributed by atoms with Crippen LogP contribution in [0.2, 0.25) is 0 Å². The van der Waals surface area contributed by atoms with Crippen LogP contribution in [0.1, 0.15) is 31.1 Å². The summed E-state index contributed by atoms with van der Waals surface area (Å²) in [5.41, 5.74) is -1.86. The number of nitrogens with zero attached hydrogens (tertiary/aromatic N) is 2. The normalized spacial score (nSPS) is 13.7. The van der Waals surface area contributed by atoms with Crippen molar-refractivity contribution in [2.45, 2.75) is 32.1 Å². The summed E-state index contributed by atoms with van der Waals surface area (Å²) in [6.45, 7) is 5.73. The summed E-state index contributed by atoms with van der Waals surface area (Å²) in [6.07, 6.45) is 1.74. The number of thioether (sulfide) groups is 1. The molecule has 0 amide bonds. The third-order valence-corrected chi connectivity index (χ3v) is 4.95. The summed E-state index contributed by atoms with van der Waals surface area (Å²) in [7, 11) is 1.57. The summed E-state index contributed by atoms with van der Waals surface area (Å²) < 4.78 is 10.8. The maximum absolute atomic E-state index is 12.3. The van der Waals surface area contributed by atoms with Gasteiger partial charge < -0.3 is 9.47 Å². The molecule has 0 aromatic heterocycles. The lowest BCUT2D eigenvalue weighted by Crippen LogP contribution is -2.41. The molecule has 0 bridgehead atoms. The summed E-state index contributed by atoms with van der Waals surface area (Å²) in [5, 5.41) is 22.0. The van der Waals surface area contributed by atoms with Crippen molar-refractivity contribution in [2.24, 2.45) is 5.41 Å². The largest absolute Gasteiger partial charge is 0.461 e. The van der Waals surface area contributed by atoms with Gasteiger partial charge in [-0.25, -0.2) is 4.79 Å². The van der Waals surface area contributed by atoms with Crippen LogP contribution in [-0.4, -0.2) is 47.1 Å². The highest BCUT2D eigenvalue weighted by Gasteiger charge is 2.35. The van der Waals surface area contributed by atoms with Gasteiger partial charge in [0.1, 0.15) is 0 Å². The van der Waals surface area contributed by atoms with Crippen molar-refractivity contribution >= 4 is 29.1 Å². The van der Waals surface area contributed by atoms with E-state index in [0.29, 0.717) is 0 Å². The van der Waals surface area contributed by atoms with Crippen molar-refractivity contribution in [3.8, 4) is 0 Å². The van der Waals surface area contributed by atoms with Gasteiger partial charge in [-0.05, 0) is 6.26 Å². The van der Waals surface area contributed by atoms with Crippen LogP contribution < -0.4 is 0 Å². The molecule has 9 nitrogen and oxygen atoms in total. The van der Waals surface area contributed by atoms with Crippen molar-refractivity contribution in [3.63, 3.8) is 0 Å². The van der Waals surface area contributed by atoms with Crippen LogP contribution in [0.15, 0.2) is 18.2 Å². The van der Waals surface area contributed by atoms with E-state index in [-0.39, 0.29) is 23.5 Å².